The highest BCUT2D eigenvalue weighted by Gasteiger charge is 2.28. The number of likely N-dealkylation sites (tertiary alicyclic amines) is 1. The van der Waals surface area contributed by atoms with Crippen molar-refractivity contribution in [2.75, 3.05) is 13.1 Å². The Balaban J connectivity index is 1.73. The SMILES string of the molecule is O=C(NCC(Cc1cccc(F)c1)N1CCCC1=O)c1ccc[nH]c1=O. The fourth-order valence-electron chi connectivity index (χ4n) is 3.19. The van der Waals surface area contributed by atoms with E-state index in [0.717, 1.165) is 12.0 Å². The molecule has 1 saturated heterocycles. The van der Waals surface area contributed by atoms with Crippen molar-refractivity contribution in [1.29, 1.82) is 0 Å². The fourth-order valence-corrected chi connectivity index (χ4v) is 3.19. The standard InChI is InChI=1S/C19H20FN3O3/c20-14-5-1-4-13(10-14)11-15(23-9-3-7-17(23)24)12-22-19(26)16-6-2-8-21-18(16)25/h1-2,4-6,8,10,15H,3,7,9,11-12H2,(H,21,25)(H,22,26). The Labute approximate surface area is 150 Å². The third-order valence-corrected chi connectivity index (χ3v) is 4.47. The lowest BCUT2D eigenvalue weighted by Crippen LogP contribution is -2.46. The number of rotatable bonds is 6. The number of amides is 2. The van der Waals surface area contributed by atoms with Crippen LogP contribution in [0.15, 0.2) is 47.4 Å². The third kappa shape index (κ3) is 4.17. The van der Waals surface area contributed by atoms with E-state index in [1.54, 1.807) is 23.1 Å². The molecule has 2 heterocycles. The van der Waals surface area contributed by atoms with Crippen molar-refractivity contribution in [2.45, 2.75) is 25.3 Å². The summed E-state index contributed by atoms with van der Waals surface area (Å²) in [6.45, 7) is 0.802. The smallest absolute Gasteiger partial charge is 0.260 e. The van der Waals surface area contributed by atoms with Crippen molar-refractivity contribution < 1.29 is 14.0 Å². The van der Waals surface area contributed by atoms with Gasteiger partial charge in [0, 0.05) is 25.7 Å². The molecule has 0 saturated carbocycles. The molecule has 0 aliphatic carbocycles. The highest BCUT2D eigenvalue weighted by molar-refractivity contribution is 5.93. The van der Waals surface area contributed by atoms with E-state index in [0.29, 0.717) is 19.4 Å². The van der Waals surface area contributed by atoms with Gasteiger partial charge in [0.25, 0.3) is 11.5 Å². The number of carbonyl (C=O) groups excluding carboxylic acids is 2. The molecule has 2 aromatic rings. The molecule has 136 valence electrons. The van der Waals surface area contributed by atoms with Crippen LogP contribution in [-0.4, -0.2) is 40.8 Å². The van der Waals surface area contributed by atoms with Crippen molar-refractivity contribution in [1.82, 2.24) is 15.2 Å². The predicted octanol–water partition coefficient (Wildman–Crippen LogP) is 1.48. The van der Waals surface area contributed by atoms with Gasteiger partial charge in [-0.2, -0.15) is 0 Å². The van der Waals surface area contributed by atoms with E-state index in [1.165, 1.54) is 24.4 Å². The van der Waals surface area contributed by atoms with E-state index < -0.39 is 11.5 Å². The Morgan fingerprint density at radius 2 is 2.12 bits per heavy atom. The first-order valence-corrected chi connectivity index (χ1v) is 8.54. The maximum absolute atomic E-state index is 13.5. The van der Waals surface area contributed by atoms with Crippen LogP contribution in [0.5, 0.6) is 0 Å². The van der Waals surface area contributed by atoms with E-state index in [2.05, 4.69) is 10.3 Å². The number of aromatic nitrogens is 1. The van der Waals surface area contributed by atoms with Crippen molar-refractivity contribution in [3.8, 4) is 0 Å². The van der Waals surface area contributed by atoms with Crippen LogP contribution in [0, 0.1) is 5.82 Å². The monoisotopic (exact) mass is 357 g/mol. The van der Waals surface area contributed by atoms with Crippen LogP contribution in [0.1, 0.15) is 28.8 Å². The molecule has 0 bridgehead atoms. The molecule has 1 aromatic carbocycles. The van der Waals surface area contributed by atoms with E-state index in [4.69, 9.17) is 0 Å². The van der Waals surface area contributed by atoms with Gasteiger partial charge in [-0.05, 0) is 42.7 Å². The van der Waals surface area contributed by atoms with Gasteiger partial charge in [-0.1, -0.05) is 12.1 Å². The van der Waals surface area contributed by atoms with Gasteiger partial charge >= 0.3 is 0 Å². The molecule has 6 nitrogen and oxygen atoms in total. The van der Waals surface area contributed by atoms with Crippen LogP contribution in [0.4, 0.5) is 4.39 Å². The van der Waals surface area contributed by atoms with Crippen LogP contribution in [0.3, 0.4) is 0 Å². The second kappa shape index (κ2) is 7.95. The number of nitrogens with zero attached hydrogens (tertiary/aromatic N) is 1. The van der Waals surface area contributed by atoms with Gasteiger partial charge in [-0.3, -0.25) is 14.4 Å². The van der Waals surface area contributed by atoms with Gasteiger partial charge in [-0.15, -0.1) is 0 Å². The minimum Gasteiger partial charge on any atom is -0.350 e. The molecule has 0 spiro atoms. The van der Waals surface area contributed by atoms with Crippen molar-refractivity contribution in [3.63, 3.8) is 0 Å². The number of carbonyl (C=O) groups is 2. The molecule has 1 atom stereocenters. The molecule has 0 radical (unpaired) electrons. The summed E-state index contributed by atoms with van der Waals surface area (Å²) in [4.78, 5) is 40.3. The Hall–Kier alpha value is -2.96. The van der Waals surface area contributed by atoms with Gasteiger partial charge < -0.3 is 15.2 Å². The number of nitrogens with one attached hydrogen (secondary N) is 2. The summed E-state index contributed by atoms with van der Waals surface area (Å²) < 4.78 is 13.5. The van der Waals surface area contributed by atoms with Crippen molar-refractivity contribution >= 4 is 11.8 Å². The van der Waals surface area contributed by atoms with Crippen LogP contribution in [0.2, 0.25) is 0 Å². The molecule has 2 amide bonds. The van der Waals surface area contributed by atoms with Crippen molar-refractivity contribution in [3.05, 3.63) is 69.9 Å². The van der Waals surface area contributed by atoms with E-state index >= 15 is 0 Å². The van der Waals surface area contributed by atoms with Gasteiger partial charge in [0.15, 0.2) is 0 Å². The average molecular weight is 357 g/mol. The Kier molecular flexibility index (Phi) is 5.46. The molecule has 3 rings (SSSR count). The molecule has 26 heavy (non-hydrogen) atoms. The summed E-state index contributed by atoms with van der Waals surface area (Å²) in [5.41, 5.74) is 0.301. The number of benzene rings is 1. The number of pyridine rings is 1. The second-order valence-electron chi connectivity index (χ2n) is 6.30. The number of hydrogen-bond acceptors (Lipinski definition) is 3. The first kappa shape index (κ1) is 17.8. The second-order valence-corrected chi connectivity index (χ2v) is 6.30. The highest BCUT2D eigenvalue weighted by atomic mass is 19.1. The molecule has 1 aliphatic rings. The first-order chi connectivity index (χ1) is 12.5. The number of H-pyrrole nitrogens is 1. The summed E-state index contributed by atoms with van der Waals surface area (Å²) in [5, 5.41) is 2.73. The normalized spacial score (nSPS) is 15.1. The lowest BCUT2D eigenvalue weighted by molar-refractivity contribution is -0.129. The van der Waals surface area contributed by atoms with Gasteiger partial charge in [0.2, 0.25) is 5.91 Å². The summed E-state index contributed by atoms with van der Waals surface area (Å²) in [7, 11) is 0. The van der Waals surface area contributed by atoms with Crippen LogP contribution in [-0.2, 0) is 11.2 Å². The maximum Gasteiger partial charge on any atom is 0.260 e. The minimum atomic E-state index is -0.497. The van der Waals surface area contributed by atoms with E-state index in [-0.39, 0.29) is 29.9 Å². The zero-order valence-electron chi connectivity index (χ0n) is 14.2. The van der Waals surface area contributed by atoms with Gasteiger partial charge in [0.05, 0.1) is 6.04 Å². The molecule has 1 fully saturated rings. The summed E-state index contributed by atoms with van der Waals surface area (Å²) in [6.07, 6.45) is 3.13. The Morgan fingerprint density at radius 3 is 2.81 bits per heavy atom. The highest BCUT2D eigenvalue weighted by Crippen LogP contribution is 2.17. The molecule has 1 aromatic heterocycles. The zero-order valence-corrected chi connectivity index (χ0v) is 14.2. The van der Waals surface area contributed by atoms with E-state index in [1.807, 2.05) is 0 Å². The number of aromatic amines is 1. The first-order valence-electron chi connectivity index (χ1n) is 8.54. The quantitative estimate of drug-likeness (QED) is 0.822. The topological polar surface area (TPSA) is 82.3 Å². The van der Waals surface area contributed by atoms with Gasteiger partial charge in [0.1, 0.15) is 11.4 Å². The van der Waals surface area contributed by atoms with Gasteiger partial charge in [-0.25, -0.2) is 4.39 Å². The van der Waals surface area contributed by atoms with E-state index in [9.17, 15) is 18.8 Å². The minimum absolute atomic E-state index is 0.0183. The van der Waals surface area contributed by atoms with Crippen LogP contribution in [0.25, 0.3) is 0 Å². The molecule has 7 heteroatoms. The largest absolute Gasteiger partial charge is 0.350 e. The number of halogens is 1. The zero-order chi connectivity index (χ0) is 18.5. The lowest BCUT2D eigenvalue weighted by atomic mass is 10.0. The molecular weight excluding hydrogens is 337 g/mol. The molecular formula is C19H20FN3O3. The number of hydrogen-bond donors (Lipinski definition) is 2. The molecule has 1 unspecified atom stereocenters. The fraction of sp³-hybridized carbons (Fsp3) is 0.316. The molecule has 1 aliphatic heterocycles. The Morgan fingerprint density at radius 1 is 1.27 bits per heavy atom. The molecule has 2 N–H and O–H groups in total. The summed E-state index contributed by atoms with van der Waals surface area (Å²) in [6, 6.07) is 8.93. The predicted molar refractivity (Wildman–Crippen MR) is 94.2 cm³/mol. The van der Waals surface area contributed by atoms with Crippen molar-refractivity contribution in [2.24, 2.45) is 0 Å². The average Bonchev–Trinajstić information content (AvgIpc) is 3.04. The Bertz CT molecular complexity index is 865. The summed E-state index contributed by atoms with van der Waals surface area (Å²) >= 11 is 0. The maximum atomic E-state index is 13.5. The van der Waals surface area contributed by atoms with Crippen LogP contribution >= 0.6 is 0 Å². The summed E-state index contributed by atoms with van der Waals surface area (Å²) in [5.74, 6) is -0.810. The lowest BCUT2D eigenvalue weighted by Gasteiger charge is -2.28. The third-order valence-electron chi connectivity index (χ3n) is 4.47. The van der Waals surface area contributed by atoms with Crippen LogP contribution < -0.4 is 10.9 Å².